The molecular weight excluding hydrogens is 424 g/mol. The number of halogens is 1. The molecule has 0 spiro atoms. The smallest absolute Gasteiger partial charge is 0.227 e. The third-order valence-corrected chi connectivity index (χ3v) is 5.92. The van der Waals surface area contributed by atoms with E-state index in [1.165, 1.54) is 0 Å². The third-order valence-electron chi connectivity index (χ3n) is 5.69. The molecule has 1 aliphatic rings. The van der Waals surface area contributed by atoms with Gasteiger partial charge in [-0.15, -0.1) is 0 Å². The molecule has 2 aromatic rings. The first-order valence-electron chi connectivity index (χ1n) is 11.1. The summed E-state index contributed by atoms with van der Waals surface area (Å²) in [6.07, 6.45) is 2.74. The maximum Gasteiger partial charge on any atom is 0.227 e. The van der Waals surface area contributed by atoms with E-state index in [0.717, 1.165) is 37.2 Å². The maximum atomic E-state index is 12.8. The quantitative estimate of drug-likeness (QED) is 0.582. The molecule has 0 bridgehead atoms. The number of benzene rings is 2. The Bertz CT molecular complexity index is 938. The van der Waals surface area contributed by atoms with Gasteiger partial charge in [-0.05, 0) is 55.8 Å². The van der Waals surface area contributed by atoms with E-state index in [1.807, 2.05) is 54.6 Å². The molecule has 2 aromatic carbocycles. The number of hydrogen-bond acceptors (Lipinski definition) is 4. The van der Waals surface area contributed by atoms with Crippen LogP contribution in [0.2, 0.25) is 5.02 Å². The van der Waals surface area contributed by atoms with Gasteiger partial charge in [0.1, 0.15) is 0 Å². The van der Waals surface area contributed by atoms with Crippen LogP contribution in [0.3, 0.4) is 0 Å². The van der Waals surface area contributed by atoms with Gasteiger partial charge in [-0.1, -0.05) is 41.9 Å². The zero-order valence-corrected chi connectivity index (χ0v) is 18.9. The van der Waals surface area contributed by atoms with E-state index < -0.39 is 0 Å². The summed E-state index contributed by atoms with van der Waals surface area (Å²) in [5.74, 6) is -0.314. The molecule has 1 atom stereocenters. The van der Waals surface area contributed by atoms with Crippen LogP contribution in [0.15, 0.2) is 54.6 Å². The van der Waals surface area contributed by atoms with Crippen molar-refractivity contribution in [1.29, 1.82) is 5.26 Å². The molecule has 1 fully saturated rings. The highest BCUT2D eigenvalue weighted by Crippen LogP contribution is 2.26. The van der Waals surface area contributed by atoms with E-state index in [2.05, 4.69) is 16.3 Å². The second kappa shape index (κ2) is 12.2. The van der Waals surface area contributed by atoms with Gasteiger partial charge in [-0.2, -0.15) is 5.26 Å². The van der Waals surface area contributed by atoms with Crippen molar-refractivity contribution in [2.45, 2.75) is 38.1 Å². The Labute approximate surface area is 194 Å². The van der Waals surface area contributed by atoms with Gasteiger partial charge in [0.25, 0.3) is 0 Å². The van der Waals surface area contributed by atoms with E-state index in [4.69, 9.17) is 16.9 Å². The van der Waals surface area contributed by atoms with Crippen LogP contribution in [-0.2, 0) is 9.59 Å². The van der Waals surface area contributed by atoms with Crippen LogP contribution in [0.1, 0.15) is 43.7 Å². The SMILES string of the molecule is N#CCCN(C(=O)CCC(=O)NCC(c1cccc(Cl)c1)N1CCCC1)c1ccccc1. The van der Waals surface area contributed by atoms with Gasteiger partial charge in [0, 0.05) is 36.6 Å². The standard InChI is InChI=1S/C25H29ClN4O2/c26-21-9-6-8-20(18-21)23(29-15-4-5-16-29)19-28-24(31)12-13-25(32)30(17-7-14-27)22-10-2-1-3-11-22/h1-3,6,8-11,18,23H,4-5,7,12-13,15-17,19H2,(H,28,31). The summed E-state index contributed by atoms with van der Waals surface area (Å²) in [4.78, 5) is 29.3. The molecule has 1 N–H and O–H groups in total. The molecule has 7 heteroatoms. The van der Waals surface area contributed by atoms with Gasteiger partial charge >= 0.3 is 0 Å². The summed E-state index contributed by atoms with van der Waals surface area (Å²) in [6.45, 7) is 2.78. The van der Waals surface area contributed by atoms with Crippen LogP contribution in [0.5, 0.6) is 0 Å². The van der Waals surface area contributed by atoms with Crippen molar-refractivity contribution < 1.29 is 9.59 Å². The molecular formula is C25H29ClN4O2. The molecule has 2 amide bonds. The Morgan fingerprint density at radius 3 is 2.53 bits per heavy atom. The fourth-order valence-corrected chi connectivity index (χ4v) is 4.25. The van der Waals surface area contributed by atoms with E-state index >= 15 is 0 Å². The number of amides is 2. The monoisotopic (exact) mass is 452 g/mol. The van der Waals surface area contributed by atoms with Gasteiger partial charge in [0.05, 0.1) is 18.5 Å². The molecule has 1 saturated heterocycles. The Morgan fingerprint density at radius 1 is 1.09 bits per heavy atom. The second-order valence-corrected chi connectivity index (χ2v) is 8.34. The van der Waals surface area contributed by atoms with Crippen molar-refractivity contribution >= 4 is 29.1 Å². The van der Waals surface area contributed by atoms with Crippen LogP contribution in [0, 0.1) is 11.3 Å². The number of para-hydroxylation sites is 1. The van der Waals surface area contributed by atoms with Gasteiger partial charge < -0.3 is 10.2 Å². The summed E-state index contributed by atoms with van der Waals surface area (Å²) in [5.41, 5.74) is 1.82. The highest BCUT2D eigenvalue weighted by Gasteiger charge is 2.24. The minimum absolute atomic E-state index is 0.0623. The summed E-state index contributed by atoms with van der Waals surface area (Å²) in [5, 5.41) is 12.6. The Hall–Kier alpha value is -2.88. The molecule has 1 unspecified atom stereocenters. The topological polar surface area (TPSA) is 76.4 Å². The normalized spacial score (nSPS) is 14.5. The fourth-order valence-electron chi connectivity index (χ4n) is 4.05. The molecule has 168 valence electrons. The molecule has 0 radical (unpaired) electrons. The number of carbonyl (C=O) groups is 2. The van der Waals surface area contributed by atoms with Gasteiger partial charge in [-0.25, -0.2) is 0 Å². The molecule has 1 heterocycles. The lowest BCUT2D eigenvalue weighted by atomic mass is 10.1. The maximum absolute atomic E-state index is 12.8. The molecule has 32 heavy (non-hydrogen) atoms. The van der Waals surface area contributed by atoms with Crippen molar-refractivity contribution in [3.05, 3.63) is 65.2 Å². The highest BCUT2D eigenvalue weighted by molar-refractivity contribution is 6.30. The van der Waals surface area contributed by atoms with E-state index in [0.29, 0.717) is 18.1 Å². The van der Waals surface area contributed by atoms with Gasteiger partial charge in [0.15, 0.2) is 0 Å². The van der Waals surface area contributed by atoms with Crippen LogP contribution in [-0.4, -0.2) is 42.9 Å². The summed E-state index contributed by atoms with van der Waals surface area (Å²) in [7, 11) is 0. The minimum Gasteiger partial charge on any atom is -0.354 e. The minimum atomic E-state index is -0.160. The zero-order chi connectivity index (χ0) is 22.8. The highest BCUT2D eigenvalue weighted by atomic mass is 35.5. The largest absolute Gasteiger partial charge is 0.354 e. The van der Waals surface area contributed by atoms with Crippen molar-refractivity contribution in [2.75, 3.05) is 31.1 Å². The number of nitrogens with zero attached hydrogens (tertiary/aromatic N) is 3. The Kier molecular flexibility index (Phi) is 9.09. The number of likely N-dealkylation sites (tertiary alicyclic amines) is 1. The van der Waals surface area contributed by atoms with Crippen LogP contribution < -0.4 is 10.2 Å². The van der Waals surface area contributed by atoms with Crippen molar-refractivity contribution in [2.24, 2.45) is 0 Å². The first-order valence-corrected chi connectivity index (χ1v) is 11.4. The van der Waals surface area contributed by atoms with Crippen LogP contribution >= 0.6 is 11.6 Å². The van der Waals surface area contributed by atoms with E-state index in [1.54, 1.807) is 4.90 Å². The Balaban J connectivity index is 1.56. The summed E-state index contributed by atoms with van der Waals surface area (Å²) >= 11 is 6.19. The Morgan fingerprint density at radius 2 is 1.84 bits per heavy atom. The first kappa shape index (κ1) is 23.8. The average Bonchev–Trinajstić information content (AvgIpc) is 3.33. The number of anilines is 1. The molecule has 0 aromatic heterocycles. The third kappa shape index (κ3) is 6.81. The number of nitriles is 1. The fraction of sp³-hybridized carbons (Fsp3) is 0.400. The molecule has 6 nitrogen and oxygen atoms in total. The lowest BCUT2D eigenvalue weighted by molar-refractivity contribution is -0.125. The lowest BCUT2D eigenvalue weighted by Crippen LogP contribution is -2.37. The second-order valence-electron chi connectivity index (χ2n) is 7.91. The van der Waals surface area contributed by atoms with E-state index in [-0.39, 0.29) is 37.1 Å². The number of hydrogen-bond donors (Lipinski definition) is 1. The van der Waals surface area contributed by atoms with Crippen LogP contribution in [0.4, 0.5) is 5.69 Å². The van der Waals surface area contributed by atoms with Crippen LogP contribution in [0.25, 0.3) is 0 Å². The predicted octanol–water partition coefficient (Wildman–Crippen LogP) is 4.32. The lowest BCUT2D eigenvalue weighted by Gasteiger charge is -2.28. The predicted molar refractivity (Wildman–Crippen MR) is 126 cm³/mol. The molecule has 3 rings (SSSR count). The summed E-state index contributed by atoms with van der Waals surface area (Å²) < 4.78 is 0. The van der Waals surface area contributed by atoms with E-state index in [9.17, 15) is 9.59 Å². The van der Waals surface area contributed by atoms with Crippen molar-refractivity contribution in [1.82, 2.24) is 10.2 Å². The number of nitrogens with one attached hydrogen (secondary N) is 1. The molecule has 1 aliphatic heterocycles. The number of rotatable bonds is 10. The zero-order valence-electron chi connectivity index (χ0n) is 18.2. The van der Waals surface area contributed by atoms with Crippen molar-refractivity contribution in [3.8, 4) is 6.07 Å². The van der Waals surface area contributed by atoms with Gasteiger partial charge in [0.2, 0.25) is 11.8 Å². The molecule has 0 saturated carbocycles. The van der Waals surface area contributed by atoms with Gasteiger partial charge in [-0.3, -0.25) is 14.5 Å². The van der Waals surface area contributed by atoms with Crippen molar-refractivity contribution in [3.63, 3.8) is 0 Å². The summed E-state index contributed by atoms with van der Waals surface area (Å²) in [6, 6.07) is 19.2. The first-order chi connectivity index (χ1) is 15.6. The average molecular weight is 453 g/mol. The number of carbonyl (C=O) groups excluding carboxylic acids is 2. The molecule has 0 aliphatic carbocycles.